The van der Waals surface area contributed by atoms with E-state index < -0.39 is 0 Å². The molecule has 23 heavy (non-hydrogen) atoms. The van der Waals surface area contributed by atoms with Crippen molar-refractivity contribution in [2.45, 2.75) is 24.3 Å². The Kier molecular flexibility index (Phi) is 4.93. The molecule has 1 aromatic heterocycles. The second-order valence-electron chi connectivity index (χ2n) is 5.45. The van der Waals surface area contributed by atoms with Gasteiger partial charge in [0.25, 0.3) is 0 Å². The number of fused-ring (bicyclic) bond motifs is 1. The second-order valence-corrected chi connectivity index (χ2v) is 5.94. The van der Waals surface area contributed by atoms with Gasteiger partial charge in [0.1, 0.15) is 0 Å². The number of amides is 1. The number of carbonyl (C=O) groups is 1. The molecule has 3 rings (SSSR count). The molecule has 2 aromatic carbocycles. The average Bonchev–Trinajstić information content (AvgIpc) is 2.59. The summed E-state index contributed by atoms with van der Waals surface area (Å²) in [6.45, 7) is 0.493. The van der Waals surface area contributed by atoms with Crippen molar-refractivity contribution in [2.24, 2.45) is 0 Å². The highest BCUT2D eigenvalue weighted by Gasteiger charge is 2.04. The summed E-state index contributed by atoms with van der Waals surface area (Å²) in [6, 6.07) is 17.9. The molecule has 0 atom stereocenters. The second kappa shape index (κ2) is 7.29. The van der Waals surface area contributed by atoms with Crippen molar-refractivity contribution in [1.82, 2.24) is 10.3 Å². The highest BCUT2D eigenvalue weighted by atomic mass is 32.1. The minimum absolute atomic E-state index is 0.0527. The molecule has 4 heteroatoms. The number of carbonyl (C=O) groups excluding carboxylic acids is 1. The van der Waals surface area contributed by atoms with Crippen LogP contribution in [0.5, 0.6) is 0 Å². The summed E-state index contributed by atoms with van der Waals surface area (Å²) >= 11 is 4.40. The number of hydrogen-bond acceptors (Lipinski definition) is 3. The Morgan fingerprint density at radius 2 is 1.87 bits per heavy atom. The topological polar surface area (TPSA) is 42.0 Å². The Morgan fingerprint density at radius 3 is 2.70 bits per heavy atom. The van der Waals surface area contributed by atoms with Crippen molar-refractivity contribution in [3.8, 4) is 0 Å². The Balaban J connectivity index is 1.56. The number of pyridine rings is 1. The standard InChI is InChI=1S/C19H18N2OS/c22-18(10-9-14-5-2-1-3-6-14)20-12-15-11-16-7-4-8-17(23)19(16)21-13-15/h1-8,11,13,23H,9-10,12H2,(H,20,22). The van der Waals surface area contributed by atoms with E-state index in [1.54, 1.807) is 6.20 Å². The first-order chi connectivity index (χ1) is 11.2. The predicted molar refractivity (Wildman–Crippen MR) is 95.6 cm³/mol. The molecule has 3 aromatic rings. The smallest absolute Gasteiger partial charge is 0.220 e. The van der Waals surface area contributed by atoms with E-state index in [1.165, 1.54) is 5.56 Å². The molecule has 0 fully saturated rings. The van der Waals surface area contributed by atoms with Crippen LogP contribution in [-0.2, 0) is 17.8 Å². The monoisotopic (exact) mass is 322 g/mol. The molecule has 3 nitrogen and oxygen atoms in total. The number of nitrogens with zero attached hydrogens (tertiary/aromatic N) is 1. The summed E-state index contributed by atoms with van der Waals surface area (Å²) < 4.78 is 0. The van der Waals surface area contributed by atoms with E-state index >= 15 is 0 Å². The molecule has 0 unspecified atom stereocenters. The van der Waals surface area contributed by atoms with Gasteiger partial charge in [0.2, 0.25) is 5.91 Å². The Bertz CT molecular complexity index is 818. The van der Waals surface area contributed by atoms with Crippen LogP contribution in [0.3, 0.4) is 0 Å². The number of benzene rings is 2. The minimum Gasteiger partial charge on any atom is -0.352 e. The highest BCUT2D eigenvalue weighted by molar-refractivity contribution is 7.80. The van der Waals surface area contributed by atoms with Gasteiger partial charge < -0.3 is 5.32 Å². The van der Waals surface area contributed by atoms with Crippen molar-refractivity contribution >= 4 is 29.4 Å². The van der Waals surface area contributed by atoms with Gasteiger partial charge in [-0.3, -0.25) is 9.78 Å². The third kappa shape index (κ3) is 4.11. The first kappa shape index (κ1) is 15.6. The molecule has 1 N–H and O–H groups in total. The molecular weight excluding hydrogens is 304 g/mol. The van der Waals surface area contributed by atoms with Crippen LogP contribution in [0.1, 0.15) is 17.5 Å². The Labute approximate surface area is 141 Å². The number of aromatic nitrogens is 1. The van der Waals surface area contributed by atoms with E-state index in [1.807, 2.05) is 54.6 Å². The van der Waals surface area contributed by atoms with Crippen molar-refractivity contribution in [3.05, 3.63) is 71.9 Å². The van der Waals surface area contributed by atoms with Crippen molar-refractivity contribution in [1.29, 1.82) is 0 Å². The zero-order valence-corrected chi connectivity index (χ0v) is 13.6. The SMILES string of the molecule is O=C(CCc1ccccc1)NCc1cnc2c(S)cccc2c1. The zero-order chi connectivity index (χ0) is 16.1. The minimum atomic E-state index is 0.0527. The summed E-state index contributed by atoms with van der Waals surface area (Å²) in [5, 5.41) is 3.99. The first-order valence-corrected chi connectivity index (χ1v) is 8.04. The van der Waals surface area contributed by atoms with Gasteiger partial charge in [-0.05, 0) is 29.7 Å². The van der Waals surface area contributed by atoms with Crippen LogP contribution in [0.15, 0.2) is 65.7 Å². The number of nitrogens with one attached hydrogen (secondary N) is 1. The van der Waals surface area contributed by atoms with E-state index in [0.29, 0.717) is 13.0 Å². The Hall–Kier alpha value is -2.33. The lowest BCUT2D eigenvalue weighted by Gasteiger charge is -2.07. The lowest BCUT2D eigenvalue weighted by molar-refractivity contribution is -0.121. The molecule has 0 saturated carbocycles. The fraction of sp³-hybridized carbons (Fsp3) is 0.158. The van der Waals surface area contributed by atoms with Crippen molar-refractivity contribution in [3.63, 3.8) is 0 Å². The third-order valence-corrected chi connectivity index (χ3v) is 4.08. The van der Waals surface area contributed by atoms with Crippen LogP contribution in [0, 0.1) is 0 Å². The maximum absolute atomic E-state index is 12.0. The average molecular weight is 322 g/mol. The van der Waals surface area contributed by atoms with E-state index in [9.17, 15) is 4.79 Å². The molecule has 0 aliphatic heterocycles. The van der Waals surface area contributed by atoms with Gasteiger partial charge in [0, 0.05) is 29.4 Å². The first-order valence-electron chi connectivity index (χ1n) is 7.59. The number of rotatable bonds is 5. The fourth-order valence-electron chi connectivity index (χ4n) is 2.48. The number of para-hydroxylation sites is 1. The zero-order valence-electron chi connectivity index (χ0n) is 12.7. The molecule has 116 valence electrons. The van der Waals surface area contributed by atoms with E-state index in [-0.39, 0.29) is 5.91 Å². The molecule has 0 spiro atoms. The number of thiol groups is 1. The summed E-state index contributed by atoms with van der Waals surface area (Å²) in [4.78, 5) is 17.3. The fourth-order valence-corrected chi connectivity index (χ4v) is 2.75. The lowest BCUT2D eigenvalue weighted by atomic mass is 10.1. The van der Waals surface area contributed by atoms with Gasteiger partial charge >= 0.3 is 0 Å². The third-order valence-electron chi connectivity index (χ3n) is 3.72. The summed E-state index contributed by atoms with van der Waals surface area (Å²) in [6.07, 6.45) is 3.04. The van der Waals surface area contributed by atoms with Gasteiger partial charge in [-0.1, -0.05) is 42.5 Å². The summed E-state index contributed by atoms with van der Waals surface area (Å²) in [5.41, 5.74) is 3.05. The molecule has 0 aliphatic carbocycles. The van der Waals surface area contributed by atoms with Crippen LogP contribution in [0.4, 0.5) is 0 Å². The van der Waals surface area contributed by atoms with E-state index in [4.69, 9.17) is 0 Å². The van der Waals surface area contributed by atoms with Gasteiger partial charge in [0.15, 0.2) is 0 Å². The van der Waals surface area contributed by atoms with Crippen molar-refractivity contribution < 1.29 is 4.79 Å². The molecule has 0 saturated heterocycles. The largest absolute Gasteiger partial charge is 0.352 e. The van der Waals surface area contributed by atoms with Crippen LogP contribution in [-0.4, -0.2) is 10.9 Å². The van der Waals surface area contributed by atoms with E-state index in [2.05, 4.69) is 22.9 Å². The molecule has 0 aliphatic rings. The van der Waals surface area contributed by atoms with Crippen LogP contribution < -0.4 is 5.32 Å². The van der Waals surface area contributed by atoms with Gasteiger partial charge in [-0.15, -0.1) is 12.6 Å². The van der Waals surface area contributed by atoms with Crippen molar-refractivity contribution in [2.75, 3.05) is 0 Å². The highest BCUT2D eigenvalue weighted by Crippen LogP contribution is 2.20. The molecular formula is C19H18N2OS. The van der Waals surface area contributed by atoms with Gasteiger partial charge in [0.05, 0.1) is 5.52 Å². The normalized spacial score (nSPS) is 10.7. The predicted octanol–water partition coefficient (Wildman–Crippen LogP) is 3.77. The summed E-state index contributed by atoms with van der Waals surface area (Å²) in [5.74, 6) is 0.0527. The molecule has 0 bridgehead atoms. The quantitative estimate of drug-likeness (QED) is 0.702. The maximum Gasteiger partial charge on any atom is 0.220 e. The number of hydrogen-bond donors (Lipinski definition) is 2. The molecule has 1 amide bonds. The molecule has 1 heterocycles. The van der Waals surface area contributed by atoms with Gasteiger partial charge in [-0.2, -0.15) is 0 Å². The maximum atomic E-state index is 12.0. The lowest BCUT2D eigenvalue weighted by Crippen LogP contribution is -2.23. The van der Waals surface area contributed by atoms with Crippen LogP contribution in [0.2, 0.25) is 0 Å². The Morgan fingerprint density at radius 1 is 1.04 bits per heavy atom. The summed E-state index contributed by atoms with van der Waals surface area (Å²) in [7, 11) is 0. The van der Waals surface area contributed by atoms with E-state index in [0.717, 1.165) is 27.8 Å². The van der Waals surface area contributed by atoms with Gasteiger partial charge in [-0.25, -0.2) is 0 Å². The van der Waals surface area contributed by atoms with Crippen LogP contribution >= 0.6 is 12.6 Å². The molecule has 0 radical (unpaired) electrons. The van der Waals surface area contributed by atoms with Crippen LogP contribution in [0.25, 0.3) is 10.9 Å². The number of aryl methyl sites for hydroxylation is 1.